The van der Waals surface area contributed by atoms with Crippen molar-refractivity contribution in [1.82, 2.24) is 4.31 Å². The zero-order chi connectivity index (χ0) is 21.0. The summed E-state index contributed by atoms with van der Waals surface area (Å²) >= 11 is 0. The van der Waals surface area contributed by atoms with Gasteiger partial charge < -0.3 is 4.90 Å². The molecule has 6 heteroatoms. The Morgan fingerprint density at radius 2 is 1.40 bits per heavy atom. The fourth-order valence-electron chi connectivity index (χ4n) is 4.13. The van der Waals surface area contributed by atoms with Gasteiger partial charge >= 0.3 is 0 Å². The molecule has 1 saturated heterocycles. The number of hydrogen-bond donors (Lipinski definition) is 1. The minimum atomic E-state index is -3.60. The minimum Gasteiger partial charge on any atom is -0.323 e. The number of quaternary nitrogens is 1. The molecule has 30 heavy (non-hydrogen) atoms. The summed E-state index contributed by atoms with van der Waals surface area (Å²) in [6.45, 7) is 2.33. The van der Waals surface area contributed by atoms with Gasteiger partial charge in [0.1, 0.15) is 6.04 Å². The maximum absolute atomic E-state index is 13.1. The molecule has 0 aromatic heterocycles. The van der Waals surface area contributed by atoms with Gasteiger partial charge in [-0.2, -0.15) is 9.57 Å². The molecule has 0 aliphatic carbocycles. The lowest BCUT2D eigenvalue weighted by atomic mass is 9.96. The molecule has 0 amide bonds. The molecule has 152 valence electrons. The summed E-state index contributed by atoms with van der Waals surface area (Å²) in [5.41, 5.74) is 2.82. The SMILES string of the molecule is N#Cc1cccc(S(=O)(=O)N2CC[NH+](C(c3ccccc3)c3ccccc3)CC2)c1. The predicted octanol–water partition coefficient (Wildman–Crippen LogP) is 2.24. The van der Waals surface area contributed by atoms with E-state index in [0.717, 1.165) is 0 Å². The topological polar surface area (TPSA) is 65.6 Å². The first-order valence-corrected chi connectivity index (χ1v) is 11.5. The lowest BCUT2D eigenvalue weighted by Gasteiger charge is -2.36. The maximum atomic E-state index is 13.1. The van der Waals surface area contributed by atoms with Crippen LogP contribution in [0.25, 0.3) is 0 Å². The summed E-state index contributed by atoms with van der Waals surface area (Å²) in [5, 5.41) is 9.09. The first kappa shape index (κ1) is 20.3. The Balaban J connectivity index is 1.56. The minimum absolute atomic E-state index is 0.166. The summed E-state index contributed by atoms with van der Waals surface area (Å²) < 4.78 is 27.7. The van der Waals surface area contributed by atoms with Gasteiger partial charge in [-0.1, -0.05) is 66.7 Å². The van der Waals surface area contributed by atoms with Gasteiger partial charge in [0.15, 0.2) is 0 Å². The van der Waals surface area contributed by atoms with Crippen molar-refractivity contribution in [2.75, 3.05) is 26.2 Å². The van der Waals surface area contributed by atoms with Crippen molar-refractivity contribution in [3.05, 3.63) is 102 Å². The van der Waals surface area contributed by atoms with E-state index in [1.807, 2.05) is 42.5 Å². The van der Waals surface area contributed by atoms with Crippen LogP contribution in [0, 0.1) is 11.3 Å². The molecule has 5 nitrogen and oxygen atoms in total. The van der Waals surface area contributed by atoms with Crippen molar-refractivity contribution in [2.24, 2.45) is 0 Å². The largest absolute Gasteiger partial charge is 0.323 e. The highest BCUT2D eigenvalue weighted by Gasteiger charge is 2.34. The molecule has 0 spiro atoms. The second-order valence-electron chi connectivity index (χ2n) is 7.46. The number of nitrogens with one attached hydrogen (secondary N) is 1. The van der Waals surface area contributed by atoms with Gasteiger partial charge in [-0.25, -0.2) is 8.42 Å². The van der Waals surface area contributed by atoms with E-state index in [-0.39, 0.29) is 10.9 Å². The molecule has 0 radical (unpaired) electrons. The summed E-state index contributed by atoms with van der Waals surface area (Å²) in [6, 6.07) is 29.2. The lowest BCUT2D eigenvalue weighted by molar-refractivity contribution is -0.929. The third-order valence-corrected chi connectivity index (χ3v) is 7.53. The molecule has 1 N–H and O–H groups in total. The Hall–Kier alpha value is -2.98. The maximum Gasteiger partial charge on any atom is 0.243 e. The van der Waals surface area contributed by atoms with Crippen LogP contribution in [-0.2, 0) is 10.0 Å². The first-order valence-electron chi connectivity index (χ1n) is 10.0. The normalized spacial score (nSPS) is 15.7. The van der Waals surface area contributed by atoms with E-state index in [2.05, 4.69) is 24.3 Å². The van der Waals surface area contributed by atoms with Crippen molar-refractivity contribution in [2.45, 2.75) is 10.9 Å². The molecule has 1 fully saturated rings. The highest BCUT2D eigenvalue weighted by Crippen LogP contribution is 2.21. The van der Waals surface area contributed by atoms with Crippen molar-refractivity contribution in [3.8, 4) is 6.07 Å². The highest BCUT2D eigenvalue weighted by atomic mass is 32.2. The Labute approximate surface area is 177 Å². The van der Waals surface area contributed by atoms with Crippen LogP contribution in [0.3, 0.4) is 0 Å². The second kappa shape index (κ2) is 8.80. The van der Waals surface area contributed by atoms with Gasteiger partial charge in [0, 0.05) is 11.1 Å². The molecule has 0 unspecified atom stereocenters. The average molecular weight is 419 g/mol. The third kappa shape index (κ3) is 4.14. The summed E-state index contributed by atoms with van der Waals surface area (Å²) in [6.07, 6.45) is 0. The molecular formula is C24H24N3O2S+. The Kier molecular flexibility index (Phi) is 5.96. The van der Waals surface area contributed by atoms with Gasteiger partial charge in [0.2, 0.25) is 10.0 Å². The standard InChI is InChI=1S/C24H23N3O2S/c25-19-20-8-7-13-23(18-20)30(28,29)27-16-14-26(15-17-27)24(21-9-3-1-4-10-21)22-11-5-2-6-12-22/h1-13,18,24H,14-17H2/p+1. The van der Waals surface area contributed by atoms with Crippen molar-refractivity contribution in [1.29, 1.82) is 5.26 Å². The highest BCUT2D eigenvalue weighted by molar-refractivity contribution is 7.89. The fraction of sp³-hybridized carbons (Fsp3) is 0.208. The number of benzene rings is 3. The summed E-state index contributed by atoms with van der Waals surface area (Å²) in [7, 11) is -3.60. The van der Waals surface area contributed by atoms with E-state index in [4.69, 9.17) is 5.26 Å². The van der Waals surface area contributed by atoms with Crippen molar-refractivity contribution >= 4 is 10.0 Å². The first-order chi connectivity index (χ1) is 14.6. The molecule has 0 bridgehead atoms. The molecule has 0 atom stereocenters. The van der Waals surface area contributed by atoms with Crippen LogP contribution in [-0.4, -0.2) is 38.9 Å². The van der Waals surface area contributed by atoms with Crippen LogP contribution in [0.15, 0.2) is 89.8 Å². The quantitative estimate of drug-likeness (QED) is 0.691. The Bertz CT molecular complexity index is 1090. The Morgan fingerprint density at radius 3 is 1.93 bits per heavy atom. The fourth-order valence-corrected chi connectivity index (χ4v) is 5.62. The van der Waals surface area contributed by atoms with Gasteiger partial charge in [0.05, 0.1) is 42.7 Å². The lowest BCUT2D eigenvalue weighted by Crippen LogP contribution is -3.15. The van der Waals surface area contributed by atoms with Crippen LogP contribution in [0.1, 0.15) is 22.7 Å². The number of sulfonamides is 1. The summed E-state index contributed by atoms with van der Waals surface area (Å²) in [5.74, 6) is 0. The van der Waals surface area contributed by atoms with Crippen LogP contribution in [0.2, 0.25) is 0 Å². The van der Waals surface area contributed by atoms with Gasteiger partial charge in [-0.05, 0) is 18.2 Å². The van der Waals surface area contributed by atoms with Crippen LogP contribution >= 0.6 is 0 Å². The third-order valence-electron chi connectivity index (χ3n) is 5.64. The van der Waals surface area contributed by atoms with E-state index in [1.165, 1.54) is 22.1 Å². The van der Waals surface area contributed by atoms with Crippen LogP contribution in [0.4, 0.5) is 0 Å². The molecule has 3 aromatic carbocycles. The smallest absolute Gasteiger partial charge is 0.243 e. The monoisotopic (exact) mass is 418 g/mol. The number of nitrogens with zero attached hydrogens (tertiary/aromatic N) is 2. The molecule has 4 rings (SSSR count). The molecule has 0 saturated carbocycles. The van der Waals surface area contributed by atoms with Crippen molar-refractivity contribution in [3.63, 3.8) is 0 Å². The van der Waals surface area contributed by atoms with E-state index in [9.17, 15) is 8.42 Å². The number of nitriles is 1. The van der Waals surface area contributed by atoms with E-state index in [1.54, 1.807) is 22.5 Å². The molecule has 3 aromatic rings. The molecule has 1 aliphatic rings. The van der Waals surface area contributed by atoms with E-state index >= 15 is 0 Å². The second-order valence-corrected chi connectivity index (χ2v) is 9.39. The average Bonchev–Trinajstić information content (AvgIpc) is 2.81. The molecule has 1 aliphatic heterocycles. The van der Waals surface area contributed by atoms with E-state index in [0.29, 0.717) is 31.7 Å². The Morgan fingerprint density at radius 1 is 0.833 bits per heavy atom. The van der Waals surface area contributed by atoms with Crippen LogP contribution in [0.5, 0.6) is 0 Å². The van der Waals surface area contributed by atoms with Gasteiger partial charge in [-0.15, -0.1) is 0 Å². The zero-order valence-electron chi connectivity index (χ0n) is 16.6. The van der Waals surface area contributed by atoms with Crippen molar-refractivity contribution < 1.29 is 13.3 Å². The molecular weight excluding hydrogens is 394 g/mol. The summed E-state index contributed by atoms with van der Waals surface area (Å²) in [4.78, 5) is 1.54. The molecule has 1 heterocycles. The number of piperazine rings is 1. The predicted molar refractivity (Wildman–Crippen MR) is 115 cm³/mol. The van der Waals surface area contributed by atoms with Crippen LogP contribution < -0.4 is 4.90 Å². The van der Waals surface area contributed by atoms with Gasteiger partial charge in [-0.3, -0.25) is 0 Å². The van der Waals surface area contributed by atoms with E-state index < -0.39 is 10.0 Å². The van der Waals surface area contributed by atoms with Gasteiger partial charge in [0.25, 0.3) is 0 Å². The number of hydrogen-bond acceptors (Lipinski definition) is 3. The zero-order valence-corrected chi connectivity index (χ0v) is 17.4. The number of rotatable bonds is 5.